The maximum atomic E-state index is 11.2. The summed E-state index contributed by atoms with van der Waals surface area (Å²) in [6, 6.07) is -0.952. The number of carbonyl (C=O) groups excluding carboxylic acids is 2. The number of primary amides is 1. The molecule has 0 spiro atoms. The summed E-state index contributed by atoms with van der Waals surface area (Å²) >= 11 is 0. The highest BCUT2D eigenvalue weighted by molar-refractivity contribution is 5.83. The van der Waals surface area contributed by atoms with Gasteiger partial charge in [0.25, 0.3) is 0 Å². The van der Waals surface area contributed by atoms with Crippen LogP contribution in [0.1, 0.15) is 0 Å². The predicted molar refractivity (Wildman–Crippen MR) is 45.5 cm³/mol. The Kier molecular flexibility index (Phi) is 3.04. The van der Waals surface area contributed by atoms with Crippen molar-refractivity contribution in [1.29, 1.82) is 0 Å². The second-order valence-electron chi connectivity index (χ2n) is 2.70. The van der Waals surface area contributed by atoms with Gasteiger partial charge in [0, 0.05) is 6.54 Å². The van der Waals surface area contributed by atoms with E-state index >= 15 is 0 Å². The Balaban J connectivity index is 2.41. The minimum Gasteiger partial charge on any atom is -0.352 e. The molecule has 1 heterocycles. The molecule has 1 aliphatic rings. The third-order valence-electron chi connectivity index (χ3n) is 1.76. The predicted octanol–water partition coefficient (Wildman–Crippen LogP) is -2.75. The van der Waals surface area contributed by atoms with E-state index in [9.17, 15) is 9.59 Å². The quantitative estimate of drug-likeness (QED) is 0.323. The van der Waals surface area contributed by atoms with Gasteiger partial charge in [-0.15, -0.1) is 0 Å². The SMILES string of the molecule is CNC1CNC(NC(N)=O)NC1=O. The topological polar surface area (TPSA) is 108 Å². The van der Waals surface area contributed by atoms with Crippen molar-refractivity contribution >= 4 is 11.9 Å². The molecule has 0 aliphatic carbocycles. The summed E-state index contributed by atoms with van der Waals surface area (Å²) in [4.78, 5) is 21.6. The molecule has 0 aromatic rings. The van der Waals surface area contributed by atoms with Crippen molar-refractivity contribution in [3.63, 3.8) is 0 Å². The molecule has 0 saturated carbocycles. The van der Waals surface area contributed by atoms with Crippen LogP contribution in [0.5, 0.6) is 0 Å². The monoisotopic (exact) mass is 187 g/mol. The van der Waals surface area contributed by atoms with Crippen LogP contribution in [0, 0.1) is 0 Å². The van der Waals surface area contributed by atoms with Crippen LogP contribution in [0.4, 0.5) is 4.79 Å². The van der Waals surface area contributed by atoms with Crippen molar-refractivity contribution in [2.45, 2.75) is 12.3 Å². The fraction of sp³-hybridized carbons (Fsp3) is 0.667. The lowest BCUT2D eigenvalue weighted by Gasteiger charge is -2.29. The number of urea groups is 1. The maximum Gasteiger partial charge on any atom is 0.314 e. The third-order valence-corrected chi connectivity index (χ3v) is 1.76. The lowest BCUT2D eigenvalue weighted by atomic mass is 10.2. The van der Waals surface area contributed by atoms with Gasteiger partial charge in [0.2, 0.25) is 5.91 Å². The Morgan fingerprint density at radius 3 is 2.85 bits per heavy atom. The zero-order valence-electron chi connectivity index (χ0n) is 7.26. The van der Waals surface area contributed by atoms with E-state index in [0.717, 1.165) is 0 Å². The van der Waals surface area contributed by atoms with Gasteiger partial charge < -0.3 is 21.7 Å². The largest absolute Gasteiger partial charge is 0.352 e. The van der Waals surface area contributed by atoms with Crippen LogP contribution >= 0.6 is 0 Å². The summed E-state index contributed by atoms with van der Waals surface area (Å²) in [6.45, 7) is 0.452. The molecule has 7 nitrogen and oxygen atoms in total. The highest BCUT2D eigenvalue weighted by Gasteiger charge is 2.26. The van der Waals surface area contributed by atoms with Crippen LogP contribution in [0.25, 0.3) is 0 Å². The van der Waals surface area contributed by atoms with E-state index in [1.807, 2.05) is 0 Å². The summed E-state index contributed by atoms with van der Waals surface area (Å²) in [5, 5.41) is 10.5. The summed E-state index contributed by atoms with van der Waals surface area (Å²) in [5.74, 6) is -0.167. The number of hydrogen-bond donors (Lipinski definition) is 5. The van der Waals surface area contributed by atoms with E-state index < -0.39 is 12.3 Å². The first-order chi connectivity index (χ1) is 6.13. The third kappa shape index (κ3) is 2.56. The Bertz CT molecular complexity index is 219. The molecule has 0 bridgehead atoms. The van der Waals surface area contributed by atoms with E-state index in [-0.39, 0.29) is 11.9 Å². The second kappa shape index (κ2) is 4.06. The van der Waals surface area contributed by atoms with E-state index in [0.29, 0.717) is 6.54 Å². The number of hydrogen-bond acceptors (Lipinski definition) is 4. The van der Waals surface area contributed by atoms with E-state index in [1.54, 1.807) is 7.05 Å². The van der Waals surface area contributed by atoms with E-state index in [4.69, 9.17) is 5.73 Å². The molecular weight excluding hydrogens is 174 g/mol. The van der Waals surface area contributed by atoms with Gasteiger partial charge >= 0.3 is 6.03 Å². The van der Waals surface area contributed by atoms with Crippen molar-refractivity contribution < 1.29 is 9.59 Å². The Morgan fingerprint density at radius 1 is 1.69 bits per heavy atom. The molecule has 1 saturated heterocycles. The lowest BCUT2D eigenvalue weighted by Crippen LogP contribution is -2.67. The number of nitrogens with two attached hydrogens (primary N) is 1. The van der Waals surface area contributed by atoms with Gasteiger partial charge in [0.1, 0.15) is 0 Å². The minimum absolute atomic E-state index is 0.167. The molecular formula is C6H13N5O2. The number of amides is 3. The molecule has 1 aliphatic heterocycles. The maximum absolute atomic E-state index is 11.2. The van der Waals surface area contributed by atoms with Crippen LogP contribution in [0.2, 0.25) is 0 Å². The van der Waals surface area contributed by atoms with Crippen molar-refractivity contribution in [2.24, 2.45) is 5.73 Å². The number of nitrogens with one attached hydrogen (secondary N) is 4. The molecule has 6 N–H and O–H groups in total. The van der Waals surface area contributed by atoms with Crippen LogP contribution in [-0.4, -0.2) is 37.9 Å². The molecule has 13 heavy (non-hydrogen) atoms. The van der Waals surface area contributed by atoms with Crippen LogP contribution in [0.15, 0.2) is 0 Å². The molecule has 74 valence electrons. The van der Waals surface area contributed by atoms with Gasteiger partial charge in [-0.05, 0) is 7.05 Å². The van der Waals surface area contributed by atoms with Gasteiger partial charge in [-0.25, -0.2) is 4.79 Å². The summed E-state index contributed by atoms with van der Waals surface area (Å²) in [6.07, 6.45) is -0.574. The normalized spacial score (nSPS) is 27.9. The molecule has 2 atom stereocenters. The van der Waals surface area contributed by atoms with Crippen molar-refractivity contribution in [3.8, 4) is 0 Å². The zero-order chi connectivity index (χ0) is 9.84. The van der Waals surface area contributed by atoms with Gasteiger partial charge in [-0.1, -0.05) is 0 Å². The molecule has 1 fully saturated rings. The molecule has 1 rings (SSSR count). The number of carbonyl (C=O) groups is 2. The molecule has 0 radical (unpaired) electrons. The highest BCUT2D eigenvalue weighted by atomic mass is 16.2. The minimum atomic E-state index is -0.680. The van der Waals surface area contributed by atoms with Crippen LogP contribution < -0.4 is 27.0 Å². The first-order valence-corrected chi connectivity index (χ1v) is 3.90. The molecule has 0 aromatic carbocycles. The average molecular weight is 187 g/mol. The van der Waals surface area contributed by atoms with E-state index in [1.165, 1.54) is 0 Å². The average Bonchev–Trinajstić information content (AvgIpc) is 2.03. The Labute approximate surface area is 75.4 Å². The number of rotatable bonds is 2. The first-order valence-electron chi connectivity index (χ1n) is 3.90. The summed E-state index contributed by atoms with van der Waals surface area (Å²) in [7, 11) is 1.69. The van der Waals surface area contributed by atoms with Crippen molar-refractivity contribution in [3.05, 3.63) is 0 Å². The zero-order valence-corrected chi connectivity index (χ0v) is 7.26. The molecule has 2 unspecified atom stereocenters. The first kappa shape index (κ1) is 9.75. The second-order valence-corrected chi connectivity index (χ2v) is 2.70. The van der Waals surface area contributed by atoms with Gasteiger partial charge in [-0.3, -0.25) is 10.1 Å². The van der Waals surface area contributed by atoms with Gasteiger partial charge in [0.05, 0.1) is 6.04 Å². The summed E-state index contributed by atoms with van der Waals surface area (Å²) < 4.78 is 0. The lowest BCUT2D eigenvalue weighted by molar-refractivity contribution is -0.125. The Hall–Kier alpha value is -1.34. The highest BCUT2D eigenvalue weighted by Crippen LogP contribution is 1.89. The van der Waals surface area contributed by atoms with Crippen LogP contribution in [0.3, 0.4) is 0 Å². The fourth-order valence-electron chi connectivity index (χ4n) is 1.08. The van der Waals surface area contributed by atoms with Gasteiger partial charge in [-0.2, -0.15) is 0 Å². The molecule has 0 aromatic heterocycles. The molecule has 7 heteroatoms. The van der Waals surface area contributed by atoms with Crippen molar-refractivity contribution in [1.82, 2.24) is 21.3 Å². The standard InChI is InChI=1S/C6H13N5O2/c1-8-3-2-9-6(10-4(3)12)11-5(7)13/h3,6,8-9H,2H2,1H3,(H,10,12)(H3,7,11,13). The fourth-order valence-corrected chi connectivity index (χ4v) is 1.08. The van der Waals surface area contributed by atoms with E-state index in [2.05, 4.69) is 21.3 Å². The van der Waals surface area contributed by atoms with Crippen molar-refractivity contribution in [2.75, 3.05) is 13.6 Å². The molecule has 3 amide bonds. The smallest absolute Gasteiger partial charge is 0.314 e. The van der Waals surface area contributed by atoms with Crippen LogP contribution in [-0.2, 0) is 4.79 Å². The Morgan fingerprint density at radius 2 is 2.38 bits per heavy atom. The summed E-state index contributed by atoms with van der Waals surface area (Å²) in [5.41, 5.74) is 4.88. The van der Waals surface area contributed by atoms with Gasteiger partial charge in [0.15, 0.2) is 6.29 Å². The number of likely N-dealkylation sites (N-methyl/N-ethyl adjacent to an activating group) is 1.